The SMILES string of the molecule is Cc1cc(C)c(CNC(=O)NC2CC3CCC2O3)c(C)c1. The molecule has 2 aliphatic heterocycles. The summed E-state index contributed by atoms with van der Waals surface area (Å²) in [5, 5.41) is 6.04. The van der Waals surface area contributed by atoms with Crippen LogP contribution in [-0.2, 0) is 11.3 Å². The zero-order valence-corrected chi connectivity index (χ0v) is 13.0. The predicted molar refractivity (Wildman–Crippen MR) is 82.3 cm³/mol. The number of rotatable bonds is 3. The Hall–Kier alpha value is -1.55. The van der Waals surface area contributed by atoms with Crippen molar-refractivity contribution in [2.24, 2.45) is 0 Å². The van der Waals surface area contributed by atoms with E-state index in [1.807, 2.05) is 0 Å². The third-order valence-electron chi connectivity index (χ3n) is 4.69. The lowest BCUT2D eigenvalue weighted by Gasteiger charge is -2.20. The summed E-state index contributed by atoms with van der Waals surface area (Å²) in [7, 11) is 0. The third kappa shape index (κ3) is 3.05. The first-order chi connectivity index (χ1) is 10.0. The van der Waals surface area contributed by atoms with Crippen molar-refractivity contribution in [3.05, 3.63) is 34.4 Å². The lowest BCUT2D eigenvalue weighted by Crippen LogP contribution is -2.46. The lowest BCUT2D eigenvalue weighted by molar-refractivity contribution is 0.0981. The van der Waals surface area contributed by atoms with E-state index >= 15 is 0 Å². The molecular formula is C17H24N2O2. The van der Waals surface area contributed by atoms with Gasteiger partial charge in [-0.05, 0) is 56.7 Å². The van der Waals surface area contributed by atoms with Crippen LogP contribution in [0.1, 0.15) is 41.5 Å². The molecule has 3 atom stereocenters. The van der Waals surface area contributed by atoms with Gasteiger partial charge in [0.1, 0.15) is 0 Å². The number of benzene rings is 1. The summed E-state index contributed by atoms with van der Waals surface area (Å²) in [5.41, 5.74) is 4.93. The van der Waals surface area contributed by atoms with Gasteiger partial charge in [-0.15, -0.1) is 0 Å². The second kappa shape index (κ2) is 5.68. The molecule has 2 fully saturated rings. The standard InChI is InChI=1S/C17H24N2O2/c1-10-6-11(2)14(12(3)7-10)9-18-17(20)19-15-8-13-4-5-16(15)21-13/h6-7,13,15-16H,4-5,8-9H2,1-3H3,(H2,18,19,20). The molecule has 4 nitrogen and oxygen atoms in total. The highest BCUT2D eigenvalue weighted by Gasteiger charge is 2.41. The Balaban J connectivity index is 1.54. The summed E-state index contributed by atoms with van der Waals surface area (Å²) in [6, 6.07) is 4.41. The van der Waals surface area contributed by atoms with Crippen molar-refractivity contribution in [1.82, 2.24) is 10.6 Å². The van der Waals surface area contributed by atoms with E-state index in [9.17, 15) is 4.79 Å². The zero-order chi connectivity index (χ0) is 15.0. The molecule has 1 aromatic carbocycles. The van der Waals surface area contributed by atoms with Crippen molar-refractivity contribution in [2.75, 3.05) is 0 Å². The number of hydrogen-bond donors (Lipinski definition) is 2. The molecule has 2 heterocycles. The zero-order valence-electron chi connectivity index (χ0n) is 13.0. The maximum Gasteiger partial charge on any atom is 0.315 e. The minimum absolute atomic E-state index is 0.0875. The molecule has 3 rings (SSSR count). The maximum absolute atomic E-state index is 12.1. The van der Waals surface area contributed by atoms with Crippen molar-refractivity contribution in [2.45, 2.75) is 64.8 Å². The van der Waals surface area contributed by atoms with Crippen LogP contribution in [0.25, 0.3) is 0 Å². The summed E-state index contributed by atoms with van der Waals surface area (Å²) in [5.74, 6) is 0. The topological polar surface area (TPSA) is 50.4 Å². The van der Waals surface area contributed by atoms with E-state index in [2.05, 4.69) is 43.5 Å². The molecule has 2 bridgehead atoms. The van der Waals surface area contributed by atoms with Gasteiger partial charge in [0.05, 0.1) is 18.2 Å². The van der Waals surface area contributed by atoms with E-state index in [-0.39, 0.29) is 18.2 Å². The van der Waals surface area contributed by atoms with Gasteiger partial charge in [0.2, 0.25) is 0 Å². The number of carbonyl (C=O) groups excluding carboxylic acids is 1. The average molecular weight is 288 g/mol. The number of ether oxygens (including phenoxy) is 1. The van der Waals surface area contributed by atoms with Gasteiger partial charge < -0.3 is 15.4 Å². The van der Waals surface area contributed by atoms with Crippen LogP contribution in [0.4, 0.5) is 4.79 Å². The monoisotopic (exact) mass is 288 g/mol. The van der Waals surface area contributed by atoms with Crippen LogP contribution in [0.15, 0.2) is 12.1 Å². The minimum atomic E-state index is -0.0875. The molecule has 1 aromatic rings. The molecule has 0 aliphatic carbocycles. The molecule has 0 spiro atoms. The summed E-state index contributed by atoms with van der Waals surface area (Å²) in [6.45, 7) is 6.86. The van der Waals surface area contributed by atoms with Crippen LogP contribution >= 0.6 is 0 Å². The molecule has 0 aromatic heterocycles. The lowest BCUT2D eigenvalue weighted by atomic mass is 9.96. The number of amides is 2. The van der Waals surface area contributed by atoms with E-state index in [1.165, 1.54) is 22.3 Å². The molecule has 0 saturated carbocycles. The first-order valence-corrected chi connectivity index (χ1v) is 7.79. The van der Waals surface area contributed by atoms with Crippen LogP contribution < -0.4 is 10.6 Å². The fourth-order valence-corrected chi connectivity index (χ4v) is 3.67. The molecule has 2 aliphatic rings. The summed E-state index contributed by atoms with van der Waals surface area (Å²) in [4.78, 5) is 12.1. The fourth-order valence-electron chi connectivity index (χ4n) is 3.67. The molecule has 21 heavy (non-hydrogen) atoms. The number of aryl methyl sites for hydroxylation is 3. The van der Waals surface area contributed by atoms with E-state index in [0.717, 1.165) is 19.3 Å². The second-order valence-electron chi connectivity index (χ2n) is 6.42. The number of fused-ring (bicyclic) bond motifs is 2. The number of urea groups is 1. The molecule has 4 heteroatoms. The highest BCUT2D eigenvalue weighted by Crippen LogP contribution is 2.34. The first kappa shape index (κ1) is 14.4. The number of nitrogens with one attached hydrogen (secondary N) is 2. The van der Waals surface area contributed by atoms with Gasteiger partial charge in [-0.2, -0.15) is 0 Å². The summed E-state index contributed by atoms with van der Waals surface area (Å²) < 4.78 is 5.76. The van der Waals surface area contributed by atoms with Crippen LogP contribution in [0.5, 0.6) is 0 Å². The van der Waals surface area contributed by atoms with Crippen molar-refractivity contribution in [1.29, 1.82) is 0 Å². The van der Waals surface area contributed by atoms with E-state index in [1.54, 1.807) is 0 Å². The van der Waals surface area contributed by atoms with Crippen LogP contribution in [0.3, 0.4) is 0 Å². The molecule has 3 unspecified atom stereocenters. The van der Waals surface area contributed by atoms with Crippen molar-refractivity contribution in [3.63, 3.8) is 0 Å². The Morgan fingerprint density at radius 3 is 2.52 bits per heavy atom. The van der Waals surface area contributed by atoms with Crippen molar-refractivity contribution >= 4 is 6.03 Å². The quantitative estimate of drug-likeness (QED) is 0.898. The van der Waals surface area contributed by atoms with Crippen LogP contribution in [0, 0.1) is 20.8 Å². The van der Waals surface area contributed by atoms with Gasteiger partial charge in [0, 0.05) is 6.54 Å². The van der Waals surface area contributed by atoms with Gasteiger partial charge in [-0.3, -0.25) is 0 Å². The minimum Gasteiger partial charge on any atom is -0.373 e. The molecule has 114 valence electrons. The summed E-state index contributed by atoms with van der Waals surface area (Å²) in [6.07, 6.45) is 3.77. The Bertz CT molecular complexity index is 533. The van der Waals surface area contributed by atoms with Gasteiger partial charge in [-0.1, -0.05) is 17.7 Å². The molecule has 2 saturated heterocycles. The summed E-state index contributed by atoms with van der Waals surface area (Å²) >= 11 is 0. The molecule has 2 amide bonds. The molecular weight excluding hydrogens is 264 g/mol. The van der Waals surface area contributed by atoms with Crippen LogP contribution in [0.2, 0.25) is 0 Å². The van der Waals surface area contributed by atoms with Gasteiger partial charge in [0.15, 0.2) is 0 Å². The number of hydrogen-bond acceptors (Lipinski definition) is 2. The van der Waals surface area contributed by atoms with E-state index in [0.29, 0.717) is 12.6 Å². The van der Waals surface area contributed by atoms with Crippen LogP contribution in [-0.4, -0.2) is 24.3 Å². The van der Waals surface area contributed by atoms with E-state index in [4.69, 9.17) is 4.74 Å². The predicted octanol–water partition coefficient (Wildman–Crippen LogP) is 2.73. The Kier molecular flexibility index (Phi) is 3.89. The second-order valence-corrected chi connectivity index (χ2v) is 6.42. The molecule has 0 radical (unpaired) electrons. The smallest absolute Gasteiger partial charge is 0.315 e. The Morgan fingerprint density at radius 2 is 1.95 bits per heavy atom. The van der Waals surface area contributed by atoms with Crippen molar-refractivity contribution < 1.29 is 9.53 Å². The first-order valence-electron chi connectivity index (χ1n) is 7.79. The number of carbonyl (C=O) groups is 1. The van der Waals surface area contributed by atoms with Gasteiger partial charge in [-0.25, -0.2) is 4.79 Å². The van der Waals surface area contributed by atoms with Crippen molar-refractivity contribution in [3.8, 4) is 0 Å². The van der Waals surface area contributed by atoms with Gasteiger partial charge in [0.25, 0.3) is 0 Å². The largest absolute Gasteiger partial charge is 0.373 e. The normalized spacial score (nSPS) is 26.9. The highest BCUT2D eigenvalue weighted by molar-refractivity contribution is 5.74. The third-order valence-corrected chi connectivity index (χ3v) is 4.69. The molecule has 2 N–H and O–H groups in total. The highest BCUT2D eigenvalue weighted by atomic mass is 16.5. The maximum atomic E-state index is 12.1. The van der Waals surface area contributed by atoms with Gasteiger partial charge >= 0.3 is 6.03 Å². The average Bonchev–Trinajstić information content (AvgIpc) is 2.99. The Morgan fingerprint density at radius 1 is 1.24 bits per heavy atom. The Labute approximate surface area is 126 Å². The van der Waals surface area contributed by atoms with E-state index < -0.39 is 0 Å². The fraction of sp³-hybridized carbons (Fsp3) is 0.588.